The van der Waals surface area contributed by atoms with Crippen molar-refractivity contribution in [3.05, 3.63) is 0 Å². The van der Waals surface area contributed by atoms with Gasteiger partial charge in [-0.2, -0.15) is 0 Å². The van der Waals surface area contributed by atoms with E-state index in [0.717, 1.165) is 19.4 Å². The molecule has 0 bridgehead atoms. The first-order chi connectivity index (χ1) is 9.17. The molecule has 20 heavy (non-hydrogen) atoms. The summed E-state index contributed by atoms with van der Waals surface area (Å²) in [6.45, 7) is 11.4. The number of carbonyl (C=O) groups is 1. The van der Waals surface area contributed by atoms with Crippen LogP contribution in [0.25, 0.3) is 0 Å². The van der Waals surface area contributed by atoms with Crippen LogP contribution in [0.2, 0.25) is 0 Å². The third-order valence-corrected chi connectivity index (χ3v) is 3.75. The van der Waals surface area contributed by atoms with E-state index in [1.807, 2.05) is 20.8 Å². The molecule has 118 valence electrons. The van der Waals surface area contributed by atoms with E-state index in [4.69, 9.17) is 4.74 Å². The van der Waals surface area contributed by atoms with Gasteiger partial charge in [0.05, 0.1) is 6.61 Å². The zero-order valence-electron chi connectivity index (χ0n) is 13.5. The predicted octanol–water partition coefficient (Wildman–Crippen LogP) is 1.90. The Labute approximate surface area is 122 Å². The second-order valence-electron chi connectivity index (χ2n) is 7.21. The van der Waals surface area contributed by atoms with E-state index < -0.39 is 5.60 Å². The van der Waals surface area contributed by atoms with Gasteiger partial charge in [-0.1, -0.05) is 13.8 Å². The molecule has 1 unspecified atom stereocenters. The Morgan fingerprint density at radius 1 is 1.30 bits per heavy atom. The van der Waals surface area contributed by atoms with Crippen molar-refractivity contribution in [3.8, 4) is 0 Å². The molecule has 1 fully saturated rings. The average molecular weight is 286 g/mol. The van der Waals surface area contributed by atoms with Crippen LogP contribution in [0.3, 0.4) is 0 Å². The highest BCUT2D eigenvalue weighted by molar-refractivity contribution is 5.67. The van der Waals surface area contributed by atoms with Crippen LogP contribution < -0.4 is 10.6 Å². The fourth-order valence-corrected chi connectivity index (χ4v) is 1.96. The van der Waals surface area contributed by atoms with Gasteiger partial charge in [0.15, 0.2) is 0 Å². The molecule has 0 heterocycles. The Morgan fingerprint density at radius 3 is 2.30 bits per heavy atom. The number of amides is 1. The summed E-state index contributed by atoms with van der Waals surface area (Å²) in [6.07, 6.45) is 1.70. The molecule has 5 nitrogen and oxygen atoms in total. The molecule has 1 aliphatic rings. The van der Waals surface area contributed by atoms with E-state index in [-0.39, 0.29) is 18.2 Å². The van der Waals surface area contributed by atoms with Crippen molar-refractivity contribution in [1.29, 1.82) is 0 Å². The molecule has 3 N–H and O–H groups in total. The quantitative estimate of drug-likeness (QED) is 0.668. The van der Waals surface area contributed by atoms with Crippen molar-refractivity contribution in [2.24, 2.45) is 11.8 Å². The van der Waals surface area contributed by atoms with Gasteiger partial charge in [0.2, 0.25) is 0 Å². The number of aliphatic hydroxyl groups is 1. The Hall–Kier alpha value is -0.810. The molecule has 0 spiro atoms. The van der Waals surface area contributed by atoms with Crippen molar-refractivity contribution in [2.45, 2.75) is 58.6 Å². The van der Waals surface area contributed by atoms with Crippen molar-refractivity contribution in [3.63, 3.8) is 0 Å². The van der Waals surface area contributed by atoms with Crippen LogP contribution in [0.15, 0.2) is 0 Å². The lowest BCUT2D eigenvalue weighted by molar-refractivity contribution is 0.0514. The molecule has 0 aliphatic heterocycles. The van der Waals surface area contributed by atoms with Gasteiger partial charge in [-0.3, -0.25) is 0 Å². The minimum Gasteiger partial charge on any atom is -0.444 e. The lowest BCUT2D eigenvalue weighted by Crippen LogP contribution is -2.43. The van der Waals surface area contributed by atoms with E-state index in [1.165, 1.54) is 0 Å². The largest absolute Gasteiger partial charge is 0.444 e. The van der Waals surface area contributed by atoms with E-state index in [2.05, 4.69) is 24.5 Å². The summed E-state index contributed by atoms with van der Waals surface area (Å²) in [7, 11) is 0. The maximum absolute atomic E-state index is 11.7. The smallest absolute Gasteiger partial charge is 0.407 e. The van der Waals surface area contributed by atoms with Gasteiger partial charge in [0.1, 0.15) is 5.60 Å². The summed E-state index contributed by atoms with van der Waals surface area (Å²) in [5.41, 5.74) is -0.524. The number of hydrogen-bond donors (Lipinski definition) is 3. The van der Waals surface area contributed by atoms with Crippen molar-refractivity contribution in [2.75, 3.05) is 19.7 Å². The monoisotopic (exact) mass is 286 g/mol. The summed E-state index contributed by atoms with van der Waals surface area (Å²) < 4.78 is 5.24. The molecular weight excluding hydrogens is 256 g/mol. The molecule has 0 aromatic carbocycles. The molecule has 0 aromatic rings. The number of hydrogen-bond acceptors (Lipinski definition) is 4. The first kappa shape index (κ1) is 17.2. The SMILES string of the molecule is CC(C)C(CNC(=O)OC(C)(C)C)CNC1(CO)CC1. The minimum absolute atomic E-state index is 0.0565. The van der Waals surface area contributed by atoms with Gasteiger partial charge in [0.25, 0.3) is 0 Å². The Balaban J connectivity index is 2.34. The second-order valence-corrected chi connectivity index (χ2v) is 7.21. The van der Waals surface area contributed by atoms with Gasteiger partial charge < -0.3 is 20.5 Å². The van der Waals surface area contributed by atoms with Crippen molar-refractivity contribution in [1.82, 2.24) is 10.6 Å². The summed E-state index contributed by atoms with van der Waals surface area (Å²) in [6, 6.07) is 0. The van der Waals surface area contributed by atoms with Crippen molar-refractivity contribution < 1.29 is 14.6 Å². The first-order valence-corrected chi connectivity index (χ1v) is 7.50. The van der Waals surface area contributed by atoms with E-state index in [9.17, 15) is 9.90 Å². The lowest BCUT2D eigenvalue weighted by atomic mass is 9.95. The normalized spacial score (nSPS) is 18.8. The number of carbonyl (C=O) groups excluding carboxylic acids is 1. The minimum atomic E-state index is -0.468. The summed E-state index contributed by atoms with van der Waals surface area (Å²) >= 11 is 0. The Morgan fingerprint density at radius 2 is 1.90 bits per heavy atom. The maximum Gasteiger partial charge on any atom is 0.407 e. The fraction of sp³-hybridized carbons (Fsp3) is 0.933. The van der Waals surface area contributed by atoms with Crippen LogP contribution in [-0.4, -0.2) is 42.0 Å². The number of aliphatic hydroxyl groups excluding tert-OH is 1. The van der Waals surface area contributed by atoms with Crippen LogP contribution >= 0.6 is 0 Å². The zero-order valence-corrected chi connectivity index (χ0v) is 13.5. The second kappa shape index (κ2) is 6.76. The number of nitrogens with one attached hydrogen (secondary N) is 2. The van der Waals surface area contributed by atoms with Crippen LogP contribution in [-0.2, 0) is 4.74 Å². The maximum atomic E-state index is 11.7. The van der Waals surface area contributed by atoms with Gasteiger partial charge in [-0.15, -0.1) is 0 Å². The van der Waals surface area contributed by atoms with E-state index in [0.29, 0.717) is 18.4 Å². The molecule has 1 amide bonds. The fourth-order valence-electron chi connectivity index (χ4n) is 1.96. The van der Waals surface area contributed by atoms with Gasteiger partial charge in [0, 0.05) is 18.6 Å². The number of rotatable bonds is 7. The molecule has 0 aromatic heterocycles. The highest BCUT2D eigenvalue weighted by atomic mass is 16.6. The Bertz CT molecular complexity index is 320. The average Bonchev–Trinajstić information content (AvgIpc) is 3.06. The number of ether oxygens (including phenoxy) is 1. The third-order valence-electron chi connectivity index (χ3n) is 3.75. The van der Waals surface area contributed by atoms with Gasteiger partial charge >= 0.3 is 6.09 Å². The summed E-state index contributed by atoms with van der Waals surface area (Å²) in [4.78, 5) is 11.7. The highest BCUT2D eigenvalue weighted by Crippen LogP contribution is 2.34. The Kier molecular flexibility index (Phi) is 5.83. The molecule has 1 rings (SSSR count). The molecule has 5 heteroatoms. The standard InChI is InChI=1S/C15H30N2O3/c1-11(2)12(9-17-15(10-18)6-7-15)8-16-13(19)20-14(3,4)5/h11-12,17-18H,6-10H2,1-5H3,(H,16,19). The highest BCUT2D eigenvalue weighted by Gasteiger charge is 2.41. The lowest BCUT2D eigenvalue weighted by Gasteiger charge is -2.26. The van der Waals surface area contributed by atoms with Gasteiger partial charge in [-0.25, -0.2) is 4.79 Å². The van der Waals surface area contributed by atoms with E-state index >= 15 is 0 Å². The number of alkyl carbamates (subject to hydrolysis) is 1. The van der Waals surface area contributed by atoms with Crippen LogP contribution in [0.1, 0.15) is 47.5 Å². The van der Waals surface area contributed by atoms with Crippen molar-refractivity contribution >= 4 is 6.09 Å². The predicted molar refractivity (Wildman–Crippen MR) is 79.6 cm³/mol. The van der Waals surface area contributed by atoms with Crippen LogP contribution in [0, 0.1) is 11.8 Å². The van der Waals surface area contributed by atoms with Gasteiger partial charge in [-0.05, 0) is 45.4 Å². The molecule has 1 aliphatic carbocycles. The van der Waals surface area contributed by atoms with Crippen LogP contribution in [0.5, 0.6) is 0 Å². The third kappa shape index (κ3) is 6.09. The van der Waals surface area contributed by atoms with Crippen LogP contribution in [0.4, 0.5) is 4.79 Å². The molecule has 0 radical (unpaired) electrons. The molecular formula is C15H30N2O3. The summed E-state index contributed by atoms with van der Waals surface area (Å²) in [5.74, 6) is 0.776. The van der Waals surface area contributed by atoms with E-state index in [1.54, 1.807) is 0 Å². The molecule has 1 saturated carbocycles. The molecule has 0 saturated heterocycles. The summed E-state index contributed by atoms with van der Waals surface area (Å²) in [5, 5.41) is 15.6. The topological polar surface area (TPSA) is 70.6 Å². The first-order valence-electron chi connectivity index (χ1n) is 7.50. The molecule has 1 atom stereocenters. The zero-order chi connectivity index (χ0) is 15.4.